The van der Waals surface area contributed by atoms with Crippen molar-refractivity contribution in [1.29, 1.82) is 0 Å². The van der Waals surface area contributed by atoms with E-state index in [9.17, 15) is 24.6 Å². The number of allylic oxidation sites excluding steroid dienone is 1. The van der Waals surface area contributed by atoms with Crippen LogP contribution >= 0.6 is 0 Å². The number of aliphatic hydroxyl groups is 2. The first-order valence-corrected chi connectivity index (χ1v) is 9.57. The van der Waals surface area contributed by atoms with Gasteiger partial charge in [-0.15, -0.1) is 0 Å². The predicted molar refractivity (Wildman–Crippen MR) is 102 cm³/mol. The molecule has 8 heteroatoms. The minimum atomic E-state index is -1.13. The fourth-order valence-corrected chi connectivity index (χ4v) is 3.42. The number of fused-ring (bicyclic) bond motifs is 1. The van der Waals surface area contributed by atoms with Gasteiger partial charge in [0.1, 0.15) is 6.10 Å². The van der Waals surface area contributed by atoms with Crippen molar-refractivity contribution in [2.75, 3.05) is 13.2 Å². The van der Waals surface area contributed by atoms with E-state index in [1.54, 1.807) is 26.0 Å². The largest absolute Gasteiger partial charge is 0.457 e. The van der Waals surface area contributed by atoms with E-state index < -0.39 is 54.7 Å². The number of rotatable bonds is 5. The lowest BCUT2D eigenvalue weighted by Crippen LogP contribution is -2.46. The van der Waals surface area contributed by atoms with Crippen molar-refractivity contribution >= 4 is 17.9 Å². The molecule has 4 atom stereocenters. The monoisotopic (exact) mass is 408 g/mol. The molecule has 2 N–H and O–H groups in total. The first kappa shape index (κ1) is 22.8. The van der Waals surface area contributed by atoms with Crippen molar-refractivity contribution in [3.63, 3.8) is 0 Å². The van der Waals surface area contributed by atoms with Gasteiger partial charge in [0.05, 0.1) is 25.0 Å². The van der Waals surface area contributed by atoms with Crippen LogP contribution in [0.1, 0.15) is 33.6 Å². The van der Waals surface area contributed by atoms with Crippen LogP contribution in [0.25, 0.3) is 0 Å². The zero-order valence-electron chi connectivity index (χ0n) is 16.9. The topological polar surface area (TPSA) is 119 Å². The molecule has 0 unspecified atom stereocenters. The molecule has 0 aromatic carbocycles. The van der Waals surface area contributed by atoms with E-state index in [1.165, 1.54) is 6.92 Å². The van der Waals surface area contributed by atoms with E-state index in [2.05, 4.69) is 6.58 Å². The maximum Gasteiger partial charge on any atom is 0.334 e. The van der Waals surface area contributed by atoms with Gasteiger partial charge in [0.25, 0.3) is 0 Å². The summed E-state index contributed by atoms with van der Waals surface area (Å²) in [7, 11) is 0. The van der Waals surface area contributed by atoms with Gasteiger partial charge in [0.2, 0.25) is 0 Å². The molecular formula is C21H28O8. The molecule has 0 spiro atoms. The van der Waals surface area contributed by atoms with Crippen LogP contribution in [0.3, 0.4) is 0 Å². The Morgan fingerprint density at radius 3 is 2.52 bits per heavy atom. The first-order valence-electron chi connectivity index (χ1n) is 9.57. The number of carbonyl (C=O) groups excluding carboxylic acids is 3. The van der Waals surface area contributed by atoms with Crippen LogP contribution in [-0.2, 0) is 28.6 Å². The minimum absolute atomic E-state index is 0.0695. The van der Waals surface area contributed by atoms with Gasteiger partial charge in [-0.1, -0.05) is 26.5 Å². The highest BCUT2D eigenvalue weighted by atomic mass is 16.6. The van der Waals surface area contributed by atoms with Crippen LogP contribution < -0.4 is 0 Å². The number of esters is 3. The molecule has 0 radical (unpaired) electrons. The molecule has 29 heavy (non-hydrogen) atoms. The summed E-state index contributed by atoms with van der Waals surface area (Å²) in [5.41, 5.74) is 1.04. The summed E-state index contributed by atoms with van der Waals surface area (Å²) in [6, 6.07) is 0. The molecule has 0 amide bonds. The summed E-state index contributed by atoms with van der Waals surface area (Å²) in [5, 5.41) is 19.6. The fourth-order valence-electron chi connectivity index (χ4n) is 3.42. The summed E-state index contributed by atoms with van der Waals surface area (Å²) in [4.78, 5) is 36.5. The molecule has 8 nitrogen and oxygen atoms in total. The molecule has 0 saturated carbocycles. The van der Waals surface area contributed by atoms with Gasteiger partial charge in [-0.05, 0) is 30.1 Å². The molecule has 1 saturated heterocycles. The third-order valence-electron chi connectivity index (χ3n) is 4.95. The molecule has 0 bridgehead atoms. The van der Waals surface area contributed by atoms with E-state index in [1.807, 2.05) is 0 Å². The van der Waals surface area contributed by atoms with Gasteiger partial charge in [0.15, 0.2) is 12.2 Å². The average Bonchev–Trinajstić information content (AvgIpc) is 2.93. The highest BCUT2D eigenvalue weighted by molar-refractivity contribution is 5.91. The van der Waals surface area contributed by atoms with Crippen molar-refractivity contribution in [3.05, 3.63) is 35.5 Å². The fraction of sp³-hybridized carbons (Fsp3) is 0.571. The maximum absolute atomic E-state index is 12.4. The summed E-state index contributed by atoms with van der Waals surface area (Å²) < 4.78 is 16.5. The second-order valence-electron chi connectivity index (χ2n) is 7.47. The first-order chi connectivity index (χ1) is 13.7. The van der Waals surface area contributed by atoms with Crippen LogP contribution in [0.4, 0.5) is 0 Å². The van der Waals surface area contributed by atoms with Gasteiger partial charge in [-0.2, -0.15) is 0 Å². The Morgan fingerprint density at radius 1 is 1.28 bits per heavy atom. The Bertz CT molecular complexity index is 733. The van der Waals surface area contributed by atoms with E-state index in [0.29, 0.717) is 24.0 Å². The Kier molecular flexibility index (Phi) is 7.75. The highest BCUT2D eigenvalue weighted by Gasteiger charge is 2.49. The van der Waals surface area contributed by atoms with Crippen LogP contribution in [0.2, 0.25) is 0 Å². The van der Waals surface area contributed by atoms with E-state index in [-0.39, 0.29) is 12.2 Å². The van der Waals surface area contributed by atoms with E-state index in [4.69, 9.17) is 14.2 Å². The SMILES string of the molecule is C=C1C(=O)O[C@@H]2/C=C(\CO)CC/C=C(\CO)[C@H](OC(C)=O)[C@@H](OC(=O)C(C)C)[C@@H]12. The second-order valence-corrected chi connectivity index (χ2v) is 7.47. The van der Waals surface area contributed by atoms with Crippen molar-refractivity contribution < 1.29 is 38.8 Å². The summed E-state index contributed by atoms with van der Waals surface area (Å²) in [6.45, 7) is 7.62. The van der Waals surface area contributed by atoms with E-state index >= 15 is 0 Å². The number of hydrogen-bond donors (Lipinski definition) is 2. The Balaban J connectivity index is 2.62. The van der Waals surface area contributed by atoms with Gasteiger partial charge in [-0.3, -0.25) is 9.59 Å². The normalized spacial score (nSPS) is 31.1. The standard InChI is InChI=1S/C21H28O8/c1-11(2)20(25)29-19-17-12(3)21(26)28-16(17)8-14(9-22)6-5-7-15(10-23)18(19)27-13(4)24/h7-8,11,16-19,22-23H,3,5-6,9-10H2,1-2,4H3/b14-8-,15-7+/t16-,17+,18+,19+/m1/s1. The zero-order valence-corrected chi connectivity index (χ0v) is 16.9. The Morgan fingerprint density at radius 2 is 1.97 bits per heavy atom. The maximum atomic E-state index is 12.4. The average molecular weight is 408 g/mol. The lowest BCUT2D eigenvalue weighted by molar-refractivity contribution is -0.171. The highest BCUT2D eigenvalue weighted by Crippen LogP contribution is 2.37. The third-order valence-corrected chi connectivity index (χ3v) is 4.95. The molecule has 160 valence electrons. The number of hydrogen-bond acceptors (Lipinski definition) is 8. The summed E-state index contributed by atoms with van der Waals surface area (Å²) in [6.07, 6.45) is 1.12. The quantitative estimate of drug-likeness (QED) is 0.302. The smallest absolute Gasteiger partial charge is 0.334 e. The minimum Gasteiger partial charge on any atom is -0.457 e. The molecule has 1 aliphatic heterocycles. The molecule has 0 aromatic rings. The zero-order chi connectivity index (χ0) is 21.7. The molecule has 1 aliphatic carbocycles. The molecular weight excluding hydrogens is 380 g/mol. The number of carbonyl (C=O) groups is 3. The van der Waals surface area contributed by atoms with Crippen molar-refractivity contribution in [1.82, 2.24) is 0 Å². The molecule has 1 fully saturated rings. The summed E-state index contributed by atoms with van der Waals surface area (Å²) in [5.74, 6) is -3.16. The third kappa shape index (κ3) is 5.33. The summed E-state index contributed by atoms with van der Waals surface area (Å²) >= 11 is 0. The van der Waals surface area contributed by atoms with Crippen molar-refractivity contribution in [2.45, 2.75) is 51.9 Å². The van der Waals surface area contributed by atoms with Crippen LogP contribution in [-0.4, -0.2) is 59.6 Å². The number of ether oxygens (including phenoxy) is 3. The number of aliphatic hydroxyl groups excluding tert-OH is 2. The van der Waals surface area contributed by atoms with Crippen LogP contribution in [0.5, 0.6) is 0 Å². The van der Waals surface area contributed by atoms with Gasteiger partial charge >= 0.3 is 17.9 Å². The van der Waals surface area contributed by atoms with Crippen molar-refractivity contribution in [3.8, 4) is 0 Å². The molecule has 0 aromatic heterocycles. The second kappa shape index (κ2) is 9.84. The lowest BCUT2D eigenvalue weighted by Gasteiger charge is -2.34. The van der Waals surface area contributed by atoms with Gasteiger partial charge in [-0.25, -0.2) is 4.79 Å². The Labute approximate surface area is 169 Å². The molecule has 2 aliphatic rings. The van der Waals surface area contributed by atoms with Gasteiger partial charge in [0, 0.05) is 12.5 Å². The van der Waals surface area contributed by atoms with Crippen LogP contribution in [0.15, 0.2) is 35.5 Å². The molecule has 2 rings (SSSR count). The predicted octanol–water partition coefficient (Wildman–Crippen LogP) is 1.21. The van der Waals surface area contributed by atoms with E-state index in [0.717, 1.165) is 0 Å². The van der Waals surface area contributed by atoms with Crippen molar-refractivity contribution in [2.24, 2.45) is 11.8 Å². The Hall–Kier alpha value is -2.45. The van der Waals surface area contributed by atoms with Gasteiger partial charge < -0.3 is 24.4 Å². The van der Waals surface area contributed by atoms with Crippen LogP contribution in [0, 0.1) is 11.8 Å². The molecule has 1 heterocycles. The lowest BCUT2D eigenvalue weighted by atomic mass is 9.83.